The number of ether oxygens (including phenoxy) is 1. The summed E-state index contributed by atoms with van der Waals surface area (Å²) < 4.78 is 5.26. The van der Waals surface area contributed by atoms with Crippen molar-refractivity contribution in [3.05, 3.63) is 53.6 Å². The minimum Gasteiger partial charge on any atom is -0.495 e. The summed E-state index contributed by atoms with van der Waals surface area (Å²) >= 11 is 0. The largest absolute Gasteiger partial charge is 0.495 e. The minimum absolute atomic E-state index is 0.663. The normalized spacial score (nSPS) is 10.3. The smallest absolute Gasteiger partial charge is 0.143 e. The highest BCUT2D eigenvalue weighted by Gasteiger charge is 2.07. The van der Waals surface area contributed by atoms with Gasteiger partial charge in [0.1, 0.15) is 5.75 Å². The van der Waals surface area contributed by atoms with E-state index in [0.717, 1.165) is 12.2 Å². The van der Waals surface area contributed by atoms with Crippen LogP contribution >= 0.6 is 0 Å². The second-order valence-corrected chi connectivity index (χ2v) is 4.71. The Kier molecular flexibility index (Phi) is 3.95. The third-order valence-corrected chi connectivity index (χ3v) is 3.33. The van der Waals surface area contributed by atoms with Crippen molar-refractivity contribution >= 4 is 11.4 Å². The van der Waals surface area contributed by atoms with Gasteiger partial charge in [0, 0.05) is 25.3 Å². The third-order valence-electron chi connectivity index (χ3n) is 3.33. The van der Waals surface area contributed by atoms with Gasteiger partial charge in [0.2, 0.25) is 0 Å². The van der Waals surface area contributed by atoms with Gasteiger partial charge in [-0.3, -0.25) is 0 Å². The van der Waals surface area contributed by atoms with Crippen molar-refractivity contribution < 1.29 is 4.74 Å². The van der Waals surface area contributed by atoms with E-state index in [1.54, 1.807) is 7.11 Å². The number of methoxy groups -OCH3 is 1. The summed E-state index contributed by atoms with van der Waals surface area (Å²) in [6.45, 7) is 2.99. The lowest BCUT2D eigenvalue weighted by Gasteiger charge is -2.21. The van der Waals surface area contributed by atoms with E-state index in [0.29, 0.717) is 11.4 Å². The summed E-state index contributed by atoms with van der Waals surface area (Å²) in [7, 11) is 3.70. The van der Waals surface area contributed by atoms with E-state index < -0.39 is 0 Å². The molecule has 0 spiro atoms. The first-order valence-corrected chi connectivity index (χ1v) is 6.31. The summed E-state index contributed by atoms with van der Waals surface area (Å²) in [5, 5.41) is 0. The van der Waals surface area contributed by atoms with Gasteiger partial charge in [-0.2, -0.15) is 0 Å². The van der Waals surface area contributed by atoms with Crippen LogP contribution in [0.1, 0.15) is 11.1 Å². The number of anilines is 2. The predicted molar refractivity (Wildman–Crippen MR) is 80.7 cm³/mol. The molecule has 0 aliphatic carbocycles. The lowest BCUT2D eigenvalue weighted by atomic mass is 10.1. The Balaban J connectivity index is 2.20. The number of rotatable bonds is 4. The van der Waals surface area contributed by atoms with Crippen LogP contribution in [0.25, 0.3) is 0 Å². The molecular weight excluding hydrogens is 236 g/mol. The summed E-state index contributed by atoms with van der Waals surface area (Å²) in [5.41, 5.74) is 10.2. The van der Waals surface area contributed by atoms with Crippen LogP contribution < -0.4 is 15.4 Å². The van der Waals surface area contributed by atoms with Crippen molar-refractivity contribution in [1.29, 1.82) is 0 Å². The first-order chi connectivity index (χ1) is 9.11. The molecule has 3 nitrogen and oxygen atoms in total. The molecule has 2 N–H and O–H groups in total. The number of benzene rings is 2. The fourth-order valence-corrected chi connectivity index (χ4v) is 2.07. The van der Waals surface area contributed by atoms with E-state index in [9.17, 15) is 0 Å². The van der Waals surface area contributed by atoms with Crippen molar-refractivity contribution in [3.8, 4) is 5.75 Å². The summed E-state index contributed by atoms with van der Waals surface area (Å²) in [6.07, 6.45) is 0. The van der Waals surface area contributed by atoms with E-state index in [2.05, 4.69) is 43.1 Å². The van der Waals surface area contributed by atoms with E-state index in [1.807, 2.05) is 18.2 Å². The zero-order valence-electron chi connectivity index (χ0n) is 11.7. The van der Waals surface area contributed by atoms with Gasteiger partial charge in [0.15, 0.2) is 0 Å². The molecular formula is C16H20N2O. The standard InChI is InChI=1S/C16H20N2O/c1-12-6-4-5-7-13(12)11-18(2)14-8-9-15(17)16(10-14)19-3/h4-10H,11,17H2,1-3H3. The first-order valence-electron chi connectivity index (χ1n) is 6.31. The maximum Gasteiger partial charge on any atom is 0.143 e. The average Bonchev–Trinajstić information content (AvgIpc) is 2.42. The molecule has 3 heteroatoms. The molecule has 0 amide bonds. The van der Waals surface area contributed by atoms with Gasteiger partial charge >= 0.3 is 0 Å². The zero-order valence-corrected chi connectivity index (χ0v) is 11.7. The molecule has 2 aromatic rings. The quantitative estimate of drug-likeness (QED) is 0.854. The lowest BCUT2D eigenvalue weighted by molar-refractivity contribution is 0.417. The van der Waals surface area contributed by atoms with Crippen LogP contribution in [0.4, 0.5) is 11.4 Å². The predicted octanol–water partition coefficient (Wildman–Crippen LogP) is 3.22. The molecule has 0 aromatic heterocycles. The second-order valence-electron chi connectivity index (χ2n) is 4.71. The van der Waals surface area contributed by atoms with Crippen LogP contribution in [-0.4, -0.2) is 14.2 Å². The Hall–Kier alpha value is -2.16. The lowest BCUT2D eigenvalue weighted by Crippen LogP contribution is -2.17. The molecule has 0 aliphatic heterocycles. The molecule has 0 bridgehead atoms. The summed E-state index contributed by atoms with van der Waals surface area (Å²) in [6, 6.07) is 14.3. The first kappa shape index (κ1) is 13.3. The van der Waals surface area contributed by atoms with Gasteiger partial charge in [-0.15, -0.1) is 0 Å². The highest BCUT2D eigenvalue weighted by atomic mass is 16.5. The molecule has 2 aromatic carbocycles. The van der Waals surface area contributed by atoms with Crippen molar-refractivity contribution in [1.82, 2.24) is 0 Å². The van der Waals surface area contributed by atoms with Crippen LogP contribution in [0.3, 0.4) is 0 Å². The topological polar surface area (TPSA) is 38.5 Å². The Morgan fingerprint density at radius 1 is 1.16 bits per heavy atom. The number of aryl methyl sites for hydroxylation is 1. The van der Waals surface area contributed by atoms with Crippen LogP contribution in [0.15, 0.2) is 42.5 Å². The second kappa shape index (κ2) is 5.65. The van der Waals surface area contributed by atoms with E-state index in [4.69, 9.17) is 10.5 Å². The van der Waals surface area contributed by atoms with E-state index in [1.165, 1.54) is 11.1 Å². The Labute approximate surface area is 114 Å². The zero-order chi connectivity index (χ0) is 13.8. The summed E-state index contributed by atoms with van der Waals surface area (Å²) in [4.78, 5) is 2.18. The van der Waals surface area contributed by atoms with Gasteiger partial charge in [-0.1, -0.05) is 24.3 Å². The maximum atomic E-state index is 5.83. The molecule has 2 rings (SSSR count). The molecule has 100 valence electrons. The fourth-order valence-electron chi connectivity index (χ4n) is 2.07. The van der Waals surface area contributed by atoms with E-state index >= 15 is 0 Å². The van der Waals surface area contributed by atoms with Crippen molar-refractivity contribution in [2.45, 2.75) is 13.5 Å². The molecule has 19 heavy (non-hydrogen) atoms. The van der Waals surface area contributed by atoms with Gasteiger partial charge in [-0.25, -0.2) is 0 Å². The van der Waals surface area contributed by atoms with Gasteiger partial charge in [0.05, 0.1) is 12.8 Å². The minimum atomic E-state index is 0.663. The highest BCUT2D eigenvalue weighted by Crippen LogP contribution is 2.27. The molecule has 0 heterocycles. The van der Waals surface area contributed by atoms with Crippen LogP contribution in [0, 0.1) is 6.92 Å². The van der Waals surface area contributed by atoms with Gasteiger partial charge < -0.3 is 15.4 Å². The molecule has 0 aliphatic rings. The SMILES string of the molecule is COc1cc(N(C)Cc2ccccc2C)ccc1N. The molecule has 0 saturated carbocycles. The van der Waals surface area contributed by atoms with Crippen molar-refractivity contribution in [3.63, 3.8) is 0 Å². The number of nitrogens with zero attached hydrogens (tertiary/aromatic N) is 1. The number of hydrogen-bond acceptors (Lipinski definition) is 3. The number of nitrogen functional groups attached to an aromatic ring is 1. The monoisotopic (exact) mass is 256 g/mol. The van der Waals surface area contributed by atoms with Crippen LogP contribution in [-0.2, 0) is 6.54 Å². The Bertz CT molecular complexity index is 566. The summed E-state index contributed by atoms with van der Waals surface area (Å²) in [5.74, 6) is 0.717. The van der Waals surface area contributed by atoms with E-state index in [-0.39, 0.29) is 0 Å². The highest BCUT2D eigenvalue weighted by molar-refractivity contribution is 5.62. The third kappa shape index (κ3) is 2.99. The Morgan fingerprint density at radius 2 is 1.89 bits per heavy atom. The van der Waals surface area contributed by atoms with Crippen molar-refractivity contribution in [2.24, 2.45) is 0 Å². The van der Waals surface area contributed by atoms with Gasteiger partial charge in [-0.05, 0) is 30.2 Å². The van der Waals surface area contributed by atoms with Crippen LogP contribution in [0.2, 0.25) is 0 Å². The molecule has 0 fully saturated rings. The maximum absolute atomic E-state index is 5.83. The van der Waals surface area contributed by atoms with Gasteiger partial charge in [0.25, 0.3) is 0 Å². The number of nitrogens with two attached hydrogens (primary N) is 1. The fraction of sp³-hybridized carbons (Fsp3) is 0.250. The molecule has 0 atom stereocenters. The number of hydrogen-bond donors (Lipinski definition) is 1. The average molecular weight is 256 g/mol. The molecule has 0 unspecified atom stereocenters. The van der Waals surface area contributed by atoms with Crippen LogP contribution in [0.5, 0.6) is 5.75 Å². The van der Waals surface area contributed by atoms with Crippen molar-refractivity contribution in [2.75, 3.05) is 24.8 Å². The molecule has 0 saturated heterocycles. The Morgan fingerprint density at radius 3 is 2.58 bits per heavy atom. The molecule has 0 radical (unpaired) electrons.